The van der Waals surface area contributed by atoms with Crippen molar-refractivity contribution in [2.45, 2.75) is 6.42 Å². The molecule has 0 saturated carbocycles. The molecule has 0 amide bonds. The molecule has 1 aliphatic rings. The Morgan fingerprint density at radius 3 is 2.60 bits per heavy atom. The fourth-order valence-electron chi connectivity index (χ4n) is 4.35. The summed E-state index contributed by atoms with van der Waals surface area (Å²) < 4.78 is 10.7. The van der Waals surface area contributed by atoms with Crippen molar-refractivity contribution in [3.05, 3.63) is 70.7 Å². The molecule has 1 aliphatic heterocycles. The number of H-pyrrole nitrogens is 1. The standard InChI is InChI=1S/C24H25N3O3/c1-29-22-9-8-21(18-4-2-3-5-19(18)22)27-14-12-26(13-15-27)11-10-17-6-7-20-23(16-17)30-24(28)25-20/h2-9,16H,10-15H2,1H3,(H,25,28). The van der Waals surface area contributed by atoms with Crippen LogP contribution in [0.15, 0.2) is 63.8 Å². The van der Waals surface area contributed by atoms with Crippen LogP contribution < -0.4 is 15.4 Å². The summed E-state index contributed by atoms with van der Waals surface area (Å²) in [6, 6.07) is 18.6. The zero-order chi connectivity index (χ0) is 20.5. The number of hydrogen-bond acceptors (Lipinski definition) is 5. The van der Waals surface area contributed by atoms with E-state index >= 15 is 0 Å². The number of oxazole rings is 1. The molecule has 1 saturated heterocycles. The van der Waals surface area contributed by atoms with Crippen LogP contribution in [0.1, 0.15) is 5.56 Å². The molecule has 0 aliphatic carbocycles. The highest BCUT2D eigenvalue weighted by atomic mass is 16.5. The number of nitrogens with zero attached hydrogens (tertiary/aromatic N) is 2. The van der Waals surface area contributed by atoms with Crippen molar-refractivity contribution in [3.63, 3.8) is 0 Å². The van der Waals surface area contributed by atoms with E-state index in [2.05, 4.69) is 57.2 Å². The van der Waals surface area contributed by atoms with Crippen LogP contribution in [0.2, 0.25) is 0 Å². The summed E-state index contributed by atoms with van der Waals surface area (Å²) >= 11 is 0. The van der Waals surface area contributed by atoms with E-state index in [-0.39, 0.29) is 0 Å². The molecule has 2 heterocycles. The molecule has 1 aromatic heterocycles. The molecule has 6 nitrogen and oxygen atoms in total. The summed E-state index contributed by atoms with van der Waals surface area (Å²) in [5.41, 5.74) is 3.85. The van der Waals surface area contributed by atoms with Crippen molar-refractivity contribution in [1.29, 1.82) is 0 Å². The van der Waals surface area contributed by atoms with Crippen molar-refractivity contribution in [2.75, 3.05) is 44.7 Å². The molecule has 30 heavy (non-hydrogen) atoms. The number of aromatic amines is 1. The van der Waals surface area contributed by atoms with Gasteiger partial charge in [-0.15, -0.1) is 0 Å². The van der Waals surface area contributed by atoms with Crippen LogP contribution in [0.25, 0.3) is 21.9 Å². The molecular weight excluding hydrogens is 378 g/mol. The number of fused-ring (bicyclic) bond motifs is 2. The zero-order valence-corrected chi connectivity index (χ0v) is 17.1. The number of rotatable bonds is 5. The van der Waals surface area contributed by atoms with Crippen LogP contribution >= 0.6 is 0 Å². The van der Waals surface area contributed by atoms with Crippen molar-refractivity contribution in [3.8, 4) is 5.75 Å². The third kappa shape index (κ3) is 3.55. The largest absolute Gasteiger partial charge is 0.496 e. The van der Waals surface area contributed by atoms with Gasteiger partial charge in [-0.2, -0.15) is 0 Å². The zero-order valence-electron chi connectivity index (χ0n) is 17.1. The number of anilines is 1. The first-order chi connectivity index (χ1) is 14.7. The molecule has 154 valence electrons. The normalized spacial score (nSPS) is 15.2. The predicted molar refractivity (Wildman–Crippen MR) is 120 cm³/mol. The highest BCUT2D eigenvalue weighted by Crippen LogP contribution is 2.34. The number of benzene rings is 3. The van der Waals surface area contributed by atoms with Crippen LogP contribution in [0, 0.1) is 0 Å². The minimum atomic E-state index is -0.399. The van der Waals surface area contributed by atoms with E-state index in [9.17, 15) is 4.79 Å². The van der Waals surface area contributed by atoms with E-state index in [1.807, 2.05) is 12.1 Å². The fourth-order valence-corrected chi connectivity index (χ4v) is 4.35. The Morgan fingerprint density at radius 2 is 1.80 bits per heavy atom. The molecule has 1 fully saturated rings. The molecule has 0 bridgehead atoms. The first-order valence-corrected chi connectivity index (χ1v) is 10.4. The number of piperazine rings is 1. The average molecular weight is 403 g/mol. The van der Waals surface area contributed by atoms with E-state index in [1.54, 1.807) is 7.11 Å². The smallest absolute Gasteiger partial charge is 0.417 e. The van der Waals surface area contributed by atoms with Gasteiger partial charge in [0.2, 0.25) is 0 Å². The second-order valence-corrected chi connectivity index (χ2v) is 7.76. The lowest BCUT2D eigenvalue weighted by molar-refractivity contribution is 0.261. The van der Waals surface area contributed by atoms with Gasteiger partial charge in [-0.25, -0.2) is 4.79 Å². The lowest BCUT2D eigenvalue weighted by atomic mass is 10.1. The average Bonchev–Trinajstić information content (AvgIpc) is 3.16. The quantitative estimate of drug-likeness (QED) is 0.551. The van der Waals surface area contributed by atoms with Crippen LogP contribution in [0.4, 0.5) is 5.69 Å². The van der Waals surface area contributed by atoms with Gasteiger partial charge in [0.25, 0.3) is 0 Å². The second-order valence-electron chi connectivity index (χ2n) is 7.76. The molecule has 0 spiro atoms. The Kier molecular flexibility index (Phi) is 4.93. The molecule has 3 aromatic carbocycles. The highest BCUT2D eigenvalue weighted by molar-refractivity contribution is 5.98. The Hall–Kier alpha value is -3.25. The number of aromatic nitrogens is 1. The maximum absolute atomic E-state index is 11.3. The van der Waals surface area contributed by atoms with Crippen LogP contribution in [0.3, 0.4) is 0 Å². The summed E-state index contributed by atoms with van der Waals surface area (Å²) in [6.45, 7) is 5.06. The van der Waals surface area contributed by atoms with Crippen LogP contribution in [0.5, 0.6) is 5.75 Å². The van der Waals surface area contributed by atoms with Crippen LogP contribution in [-0.2, 0) is 6.42 Å². The molecule has 5 rings (SSSR count). The van der Waals surface area contributed by atoms with Gasteiger partial charge >= 0.3 is 5.76 Å². The second kappa shape index (κ2) is 7.88. The van der Waals surface area contributed by atoms with Gasteiger partial charge in [-0.05, 0) is 36.2 Å². The molecule has 6 heteroatoms. The highest BCUT2D eigenvalue weighted by Gasteiger charge is 2.19. The van der Waals surface area contributed by atoms with Gasteiger partial charge in [0.1, 0.15) is 5.75 Å². The summed E-state index contributed by atoms with van der Waals surface area (Å²) in [7, 11) is 1.72. The first-order valence-electron chi connectivity index (χ1n) is 10.4. The van der Waals surface area contributed by atoms with Gasteiger partial charge in [0, 0.05) is 49.2 Å². The van der Waals surface area contributed by atoms with Gasteiger partial charge < -0.3 is 14.1 Å². The first kappa shape index (κ1) is 18.8. The lowest BCUT2D eigenvalue weighted by Crippen LogP contribution is -2.47. The third-order valence-electron chi connectivity index (χ3n) is 6.00. The molecule has 1 N–H and O–H groups in total. The summed E-state index contributed by atoms with van der Waals surface area (Å²) in [4.78, 5) is 19.0. The van der Waals surface area contributed by atoms with Gasteiger partial charge in [0.05, 0.1) is 12.6 Å². The van der Waals surface area contributed by atoms with Gasteiger partial charge in [0.15, 0.2) is 5.58 Å². The Bertz CT molecular complexity index is 1240. The van der Waals surface area contributed by atoms with Crippen molar-refractivity contribution < 1.29 is 9.15 Å². The van der Waals surface area contributed by atoms with Gasteiger partial charge in [-0.1, -0.05) is 30.3 Å². The van der Waals surface area contributed by atoms with E-state index in [0.717, 1.165) is 55.8 Å². The van der Waals surface area contributed by atoms with E-state index in [4.69, 9.17) is 9.15 Å². The minimum Gasteiger partial charge on any atom is -0.496 e. The Labute approximate surface area is 174 Å². The van der Waals surface area contributed by atoms with Crippen LogP contribution in [-0.4, -0.2) is 49.7 Å². The summed E-state index contributed by atoms with van der Waals surface area (Å²) in [6.07, 6.45) is 0.941. The predicted octanol–water partition coefficient (Wildman–Crippen LogP) is 3.65. The Morgan fingerprint density at radius 1 is 1.00 bits per heavy atom. The molecule has 0 atom stereocenters. The van der Waals surface area contributed by atoms with Gasteiger partial charge in [-0.3, -0.25) is 9.88 Å². The number of nitrogens with one attached hydrogen (secondary N) is 1. The van der Waals surface area contributed by atoms with Crippen molar-refractivity contribution in [1.82, 2.24) is 9.88 Å². The number of hydrogen-bond donors (Lipinski definition) is 1. The summed E-state index contributed by atoms with van der Waals surface area (Å²) in [5, 5.41) is 2.40. The summed E-state index contributed by atoms with van der Waals surface area (Å²) in [5.74, 6) is 0.521. The van der Waals surface area contributed by atoms with E-state index < -0.39 is 5.76 Å². The molecule has 4 aromatic rings. The Balaban J connectivity index is 1.24. The maximum atomic E-state index is 11.3. The van der Waals surface area contributed by atoms with E-state index in [1.165, 1.54) is 16.6 Å². The number of methoxy groups -OCH3 is 1. The maximum Gasteiger partial charge on any atom is 0.417 e. The molecular formula is C24H25N3O3. The van der Waals surface area contributed by atoms with Crippen molar-refractivity contribution in [2.24, 2.45) is 0 Å². The molecule has 0 radical (unpaired) electrons. The monoisotopic (exact) mass is 403 g/mol. The third-order valence-corrected chi connectivity index (χ3v) is 6.00. The number of ether oxygens (including phenoxy) is 1. The minimum absolute atomic E-state index is 0.399. The lowest BCUT2D eigenvalue weighted by Gasteiger charge is -2.36. The topological polar surface area (TPSA) is 61.7 Å². The van der Waals surface area contributed by atoms with Crippen molar-refractivity contribution >= 4 is 27.6 Å². The van der Waals surface area contributed by atoms with E-state index in [0.29, 0.717) is 5.58 Å². The molecule has 0 unspecified atom stereocenters. The SMILES string of the molecule is COc1ccc(N2CCN(CCc3ccc4[nH]c(=O)oc4c3)CC2)c2ccccc12. The fraction of sp³-hybridized carbons (Fsp3) is 0.292.